The average molecular weight is 357 g/mol. The molecule has 0 aliphatic carbocycles. The van der Waals surface area contributed by atoms with Gasteiger partial charge in [-0.05, 0) is 47.5 Å². The van der Waals surface area contributed by atoms with Gasteiger partial charge in [0.1, 0.15) is 0 Å². The molecule has 0 saturated carbocycles. The Morgan fingerprint density at radius 1 is 0.692 bits per heavy atom. The minimum atomic E-state index is -0.963. The van der Waals surface area contributed by atoms with Gasteiger partial charge in [0.25, 0.3) is 0 Å². The van der Waals surface area contributed by atoms with Gasteiger partial charge in [-0.3, -0.25) is 5.10 Å². The first-order valence-electron chi connectivity index (χ1n) is 7.67. The van der Waals surface area contributed by atoms with Gasteiger partial charge in [-0.15, -0.1) is 0 Å². The molecule has 0 aliphatic heterocycles. The summed E-state index contributed by atoms with van der Waals surface area (Å²) in [4.78, 5) is 0. The molecule has 1 aromatic heterocycles. The lowest BCUT2D eigenvalue weighted by atomic mass is 10.0. The van der Waals surface area contributed by atoms with Crippen molar-refractivity contribution in [2.75, 3.05) is 5.32 Å². The molecule has 26 heavy (non-hydrogen) atoms. The molecular weight excluding hydrogens is 346 g/mol. The number of benzene rings is 3. The van der Waals surface area contributed by atoms with Crippen LogP contribution in [0.25, 0.3) is 22.0 Å². The molecule has 4 aromatic rings. The molecule has 0 saturated heterocycles. The van der Waals surface area contributed by atoms with Gasteiger partial charge in [0.05, 0.1) is 5.52 Å². The second kappa shape index (κ2) is 6.18. The second-order valence-electron chi connectivity index (χ2n) is 5.72. The lowest BCUT2D eigenvalue weighted by Gasteiger charge is -2.05. The Morgan fingerprint density at radius 2 is 1.35 bits per heavy atom. The van der Waals surface area contributed by atoms with E-state index in [2.05, 4.69) is 15.5 Å². The number of fused-ring (bicyclic) bond motifs is 1. The van der Waals surface area contributed by atoms with Gasteiger partial charge in [-0.2, -0.15) is 5.10 Å². The van der Waals surface area contributed by atoms with E-state index in [0.717, 1.165) is 24.3 Å². The van der Waals surface area contributed by atoms with Crippen LogP contribution in [0.4, 0.5) is 29.1 Å². The first-order valence-corrected chi connectivity index (χ1v) is 7.67. The highest BCUT2D eigenvalue weighted by Gasteiger charge is 2.10. The van der Waals surface area contributed by atoms with Crippen LogP contribution in [0.5, 0.6) is 0 Å². The average Bonchev–Trinajstić information content (AvgIpc) is 3.03. The summed E-state index contributed by atoms with van der Waals surface area (Å²) < 4.78 is 52.8. The summed E-state index contributed by atoms with van der Waals surface area (Å²) in [6.45, 7) is 0. The molecule has 0 spiro atoms. The van der Waals surface area contributed by atoms with E-state index in [-0.39, 0.29) is 0 Å². The number of rotatable bonds is 3. The van der Waals surface area contributed by atoms with Crippen LogP contribution in [0.15, 0.2) is 54.6 Å². The molecule has 0 fully saturated rings. The van der Waals surface area contributed by atoms with Crippen molar-refractivity contribution in [1.29, 1.82) is 0 Å². The Bertz CT molecular complexity index is 1120. The third-order valence-corrected chi connectivity index (χ3v) is 4.00. The summed E-state index contributed by atoms with van der Waals surface area (Å²) in [5.74, 6) is -3.29. The third kappa shape index (κ3) is 2.88. The molecule has 0 unspecified atom stereocenters. The summed E-state index contributed by atoms with van der Waals surface area (Å²) in [6.07, 6.45) is 0. The Kier molecular flexibility index (Phi) is 3.84. The van der Waals surface area contributed by atoms with Crippen LogP contribution >= 0.6 is 0 Å². The standard InChI is InChI=1S/C19H11F4N3/c20-14-5-2-10(7-16(14)22)11-1-4-13-18(8-11)25-26-19(13)24-12-3-6-15(21)17(23)9-12/h1-9H,(H2,24,25,26). The number of nitrogens with zero attached hydrogens (tertiary/aromatic N) is 1. The SMILES string of the molecule is Fc1ccc(Nc2n[nH]c3cc(-c4ccc(F)c(F)c4)ccc23)cc1F. The molecule has 0 radical (unpaired) electrons. The molecular formula is C19H11F4N3. The largest absolute Gasteiger partial charge is 0.338 e. The zero-order chi connectivity index (χ0) is 18.3. The maximum atomic E-state index is 13.4. The quantitative estimate of drug-likeness (QED) is 0.473. The number of hydrogen-bond acceptors (Lipinski definition) is 2. The highest BCUT2D eigenvalue weighted by molar-refractivity contribution is 5.94. The van der Waals surface area contributed by atoms with Crippen LogP contribution in [-0.4, -0.2) is 10.2 Å². The van der Waals surface area contributed by atoms with Gasteiger partial charge < -0.3 is 5.32 Å². The molecule has 0 aliphatic rings. The van der Waals surface area contributed by atoms with Gasteiger partial charge in [0.2, 0.25) is 0 Å². The molecule has 0 bridgehead atoms. The van der Waals surface area contributed by atoms with Gasteiger partial charge in [-0.25, -0.2) is 17.6 Å². The Balaban J connectivity index is 1.68. The summed E-state index contributed by atoms with van der Waals surface area (Å²) in [7, 11) is 0. The van der Waals surface area contributed by atoms with E-state index in [4.69, 9.17) is 0 Å². The number of aromatic amines is 1. The van der Waals surface area contributed by atoms with E-state index in [1.54, 1.807) is 18.2 Å². The molecule has 130 valence electrons. The summed E-state index contributed by atoms with van der Waals surface area (Å²) >= 11 is 0. The summed E-state index contributed by atoms with van der Waals surface area (Å²) in [6, 6.07) is 12.3. The van der Waals surface area contributed by atoms with Crippen molar-refractivity contribution >= 4 is 22.4 Å². The lowest BCUT2D eigenvalue weighted by Crippen LogP contribution is -1.93. The molecule has 3 aromatic carbocycles. The van der Waals surface area contributed by atoms with Gasteiger partial charge >= 0.3 is 0 Å². The third-order valence-electron chi connectivity index (χ3n) is 4.00. The molecule has 4 rings (SSSR count). The fourth-order valence-electron chi connectivity index (χ4n) is 2.68. The van der Waals surface area contributed by atoms with Crippen LogP contribution in [0.3, 0.4) is 0 Å². The second-order valence-corrected chi connectivity index (χ2v) is 5.72. The van der Waals surface area contributed by atoms with Crippen molar-refractivity contribution in [2.45, 2.75) is 0 Å². The number of halogens is 4. The predicted molar refractivity (Wildman–Crippen MR) is 91.1 cm³/mol. The van der Waals surface area contributed by atoms with E-state index in [1.807, 2.05) is 0 Å². The zero-order valence-corrected chi connectivity index (χ0v) is 13.2. The van der Waals surface area contributed by atoms with Gasteiger partial charge in [0.15, 0.2) is 29.1 Å². The van der Waals surface area contributed by atoms with Crippen LogP contribution in [0.2, 0.25) is 0 Å². The molecule has 2 N–H and O–H groups in total. The predicted octanol–water partition coefficient (Wildman–Crippen LogP) is 5.53. The van der Waals surface area contributed by atoms with Crippen molar-refractivity contribution < 1.29 is 17.6 Å². The number of nitrogens with one attached hydrogen (secondary N) is 2. The van der Waals surface area contributed by atoms with Crippen LogP contribution in [-0.2, 0) is 0 Å². The monoisotopic (exact) mass is 357 g/mol. The Hall–Kier alpha value is -3.35. The van der Waals surface area contributed by atoms with Crippen molar-refractivity contribution in [3.8, 4) is 11.1 Å². The van der Waals surface area contributed by atoms with E-state index in [1.165, 1.54) is 12.1 Å². The number of anilines is 2. The molecule has 1 heterocycles. The Morgan fingerprint density at radius 3 is 2.08 bits per heavy atom. The van der Waals surface area contributed by atoms with Crippen molar-refractivity contribution in [2.24, 2.45) is 0 Å². The van der Waals surface area contributed by atoms with Crippen LogP contribution < -0.4 is 5.32 Å². The fraction of sp³-hybridized carbons (Fsp3) is 0. The smallest absolute Gasteiger partial charge is 0.160 e. The maximum absolute atomic E-state index is 13.4. The minimum absolute atomic E-state index is 0.349. The van der Waals surface area contributed by atoms with E-state index < -0.39 is 23.3 Å². The highest BCUT2D eigenvalue weighted by Crippen LogP contribution is 2.29. The van der Waals surface area contributed by atoms with E-state index in [9.17, 15) is 17.6 Å². The summed E-state index contributed by atoms with van der Waals surface area (Å²) in [5, 5.41) is 10.6. The number of hydrogen-bond donors (Lipinski definition) is 2. The maximum Gasteiger partial charge on any atom is 0.160 e. The Labute approximate surface area is 145 Å². The van der Waals surface area contributed by atoms with E-state index in [0.29, 0.717) is 33.5 Å². The van der Waals surface area contributed by atoms with Crippen LogP contribution in [0.1, 0.15) is 0 Å². The molecule has 7 heteroatoms. The minimum Gasteiger partial charge on any atom is -0.338 e. The molecule has 0 amide bonds. The fourth-order valence-corrected chi connectivity index (χ4v) is 2.68. The number of aromatic nitrogens is 2. The van der Waals surface area contributed by atoms with Crippen molar-refractivity contribution in [3.05, 3.63) is 77.9 Å². The van der Waals surface area contributed by atoms with Crippen molar-refractivity contribution in [3.63, 3.8) is 0 Å². The molecule has 3 nitrogen and oxygen atoms in total. The zero-order valence-electron chi connectivity index (χ0n) is 13.2. The van der Waals surface area contributed by atoms with Crippen LogP contribution in [0, 0.1) is 23.3 Å². The summed E-state index contributed by atoms with van der Waals surface area (Å²) in [5.41, 5.74) is 2.20. The van der Waals surface area contributed by atoms with Crippen molar-refractivity contribution in [1.82, 2.24) is 10.2 Å². The number of H-pyrrole nitrogens is 1. The van der Waals surface area contributed by atoms with Gasteiger partial charge in [-0.1, -0.05) is 12.1 Å². The normalized spacial score (nSPS) is 11.1. The first-order chi connectivity index (χ1) is 12.5. The first kappa shape index (κ1) is 16.1. The van der Waals surface area contributed by atoms with E-state index >= 15 is 0 Å². The molecule has 0 atom stereocenters. The van der Waals surface area contributed by atoms with Gasteiger partial charge in [0, 0.05) is 17.1 Å². The topological polar surface area (TPSA) is 40.7 Å². The highest BCUT2D eigenvalue weighted by atomic mass is 19.2. The lowest BCUT2D eigenvalue weighted by molar-refractivity contribution is 0.509.